The van der Waals surface area contributed by atoms with E-state index in [-0.39, 0.29) is 12.1 Å². The second-order valence-corrected chi connectivity index (χ2v) is 6.58. The van der Waals surface area contributed by atoms with Crippen molar-refractivity contribution in [1.82, 2.24) is 20.1 Å². The number of urea groups is 1. The van der Waals surface area contributed by atoms with Crippen LogP contribution in [-0.4, -0.2) is 20.8 Å². The van der Waals surface area contributed by atoms with Crippen LogP contribution in [0.1, 0.15) is 41.2 Å². The van der Waals surface area contributed by atoms with Gasteiger partial charge in [0.25, 0.3) is 0 Å². The quantitative estimate of drug-likeness (QED) is 0.911. The number of aryl methyl sites for hydroxylation is 2. The van der Waals surface area contributed by atoms with Crippen LogP contribution < -0.4 is 10.6 Å². The summed E-state index contributed by atoms with van der Waals surface area (Å²) in [6.07, 6.45) is 1.81. The Morgan fingerprint density at radius 2 is 2.10 bits per heavy atom. The van der Waals surface area contributed by atoms with E-state index < -0.39 is 0 Å². The fraction of sp³-hybridized carbons (Fsp3) is 0.500. The standard InChI is InChI=1S/C14H21N5OS/c1-8(2)19-11(5)13(10(4)18-19)17-14(20)16-7-12-15-6-9(3)21-12/h6,8H,7H2,1-5H3,(H2,16,17,20). The van der Waals surface area contributed by atoms with E-state index in [9.17, 15) is 4.79 Å². The van der Waals surface area contributed by atoms with E-state index in [4.69, 9.17) is 0 Å². The first kappa shape index (κ1) is 15.5. The number of anilines is 1. The predicted octanol–water partition coefficient (Wildman–Crippen LogP) is 3.17. The number of carbonyl (C=O) groups is 1. The molecule has 0 saturated carbocycles. The van der Waals surface area contributed by atoms with Gasteiger partial charge in [0.1, 0.15) is 5.01 Å². The summed E-state index contributed by atoms with van der Waals surface area (Å²) >= 11 is 1.58. The van der Waals surface area contributed by atoms with Crippen molar-refractivity contribution < 1.29 is 4.79 Å². The molecule has 2 amide bonds. The summed E-state index contributed by atoms with van der Waals surface area (Å²) in [5.74, 6) is 0. The third kappa shape index (κ3) is 3.60. The lowest BCUT2D eigenvalue weighted by Gasteiger charge is -2.09. The molecule has 2 N–H and O–H groups in total. The minimum atomic E-state index is -0.239. The Labute approximate surface area is 128 Å². The Kier molecular flexibility index (Phi) is 4.62. The molecule has 0 radical (unpaired) electrons. The van der Waals surface area contributed by atoms with E-state index in [0.29, 0.717) is 6.54 Å². The smallest absolute Gasteiger partial charge is 0.319 e. The number of carbonyl (C=O) groups excluding carboxylic acids is 1. The molecule has 2 aromatic heterocycles. The van der Waals surface area contributed by atoms with Crippen molar-refractivity contribution in [3.63, 3.8) is 0 Å². The average molecular weight is 307 g/mol. The molecule has 0 aliphatic heterocycles. The molecule has 0 bridgehead atoms. The molecule has 0 aliphatic carbocycles. The molecule has 2 aromatic rings. The van der Waals surface area contributed by atoms with Crippen molar-refractivity contribution in [2.45, 2.75) is 47.2 Å². The van der Waals surface area contributed by atoms with Crippen molar-refractivity contribution in [1.29, 1.82) is 0 Å². The largest absolute Gasteiger partial charge is 0.331 e. The van der Waals surface area contributed by atoms with E-state index in [1.54, 1.807) is 17.5 Å². The Hall–Kier alpha value is -1.89. The highest BCUT2D eigenvalue weighted by molar-refractivity contribution is 7.11. The highest BCUT2D eigenvalue weighted by Gasteiger charge is 2.15. The normalized spacial score (nSPS) is 11.0. The van der Waals surface area contributed by atoms with E-state index in [1.807, 2.05) is 25.5 Å². The zero-order valence-corrected chi connectivity index (χ0v) is 13.8. The van der Waals surface area contributed by atoms with Gasteiger partial charge >= 0.3 is 6.03 Å². The lowest BCUT2D eigenvalue weighted by atomic mass is 10.3. The number of nitrogens with one attached hydrogen (secondary N) is 2. The number of amides is 2. The Balaban J connectivity index is 1.99. The van der Waals surface area contributed by atoms with Gasteiger partial charge < -0.3 is 10.6 Å². The Morgan fingerprint density at radius 1 is 1.38 bits per heavy atom. The number of nitrogens with zero attached hydrogens (tertiary/aromatic N) is 3. The molecule has 0 saturated heterocycles. The lowest BCUT2D eigenvalue weighted by Crippen LogP contribution is -2.28. The Morgan fingerprint density at radius 3 is 2.62 bits per heavy atom. The maximum Gasteiger partial charge on any atom is 0.319 e. The van der Waals surface area contributed by atoms with Gasteiger partial charge in [0.05, 0.1) is 23.6 Å². The van der Waals surface area contributed by atoms with Crippen LogP contribution in [-0.2, 0) is 6.54 Å². The molecule has 0 aromatic carbocycles. The summed E-state index contributed by atoms with van der Waals surface area (Å²) in [5, 5.41) is 11.0. The molecule has 0 aliphatic rings. The highest BCUT2D eigenvalue weighted by Crippen LogP contribution is 2.22. The van der Waals surface area contributed by atoms with Crippen LogP contribution in [0.15, 0.2) is 6.20 Å². The van der Waals surface area contributed by atoms with Gasteiger partial charge in [0, 0.05) is 17.1 Å². The summed E-state index contributed by atoms with van der Waals surface area (Å²) in [5.41, 5.74) is 2.56. The summed E-state index contributed by atoms with van der Waals surface area (Å²) in [4.78, 5) is 17.3. The predicted molar refractivity (Wildman–Crippen MR) is 84.8 cm³/mol. The molecule has 2 rings (SSSR count). The van der Waals surface area contributed by atoms with E-state index in [2.05, 4.69) is 34.6 Å². The van der Waals surface area contributed by atoms with Gasteiger partial charge in [-0.1, -0.05) is 0 Å². The van der Waals surface area contributed by atoms with Crippen molar-refractivity contribution in [3.8, 4) is 0 Å². The summed E-state index contributed by atoms with van der Waals surface area (Å²) in [6, 6.07) is 0.0259. The number of thiazole rings is 1. The third-order valence-corrected chi connectivity index (χ3v) is 4.03. The van der Waals surface area contributed by atoms with Gasteiger partial charge in [-0.15, -0.1) is 11.3 Å². The van der Waals surface area contributed by atoms with Gasteiger partial charge in [-0.25, -0.2) is 9.78 Å². The maximum absolute atomic E-state index is 12.0. The monoisotopic (exact) mass is 307 g/mol. The van der Waals surface area contributed by atoms with Gasteiger partial charge in [0.15, 0.2) is 0 Å². The molecule has 2 heterocycles. The van der Waals surface area contributed by atoms with Crippen LogP contribution in [0.3, 0.4) is 0 Å². The van der Waals surface area contributed by atoms with Crippen LogP contribution in [0.25, 0.3) is 0 Å². The molecular weight excluding hydrogens is 286 g/mol. The number of hydrogen-bond acceptors (Lipinski definition) is 4. The second kappa shape index (κ2) is 6.26. The molecule has 21 heavy (non-hydrogen) atoms. The molecule has 0 unspecified atom stereocenters. The summed E-state index contributed by atoms with van der Waals surface area (Å²) in [6.45, 7) is 10.4. The van der Waals surface area contributed by atoms with Crippen molar-refractivity contribution >= 4 is 23.1 Å². The molecular formula is C14H21N5OS. The van der Waals surface area contributed by atoms with E-state index >= 15 is 0 Å². The highest BCUT2D eigenvalue weighted by atomic mass is 32.1. The minimum Gasteiger partial charge on any atom is -0.331 e. The fourth-order valence-corrected chi connectivity index (χ4v) is 2.87. The number of aromatic nitrogens is 3. The van der Waals surface area contributed by atoms with Gasteiger partial charge in [0.2, 0.25) is 0 Å². The van der Waals surface area contributed by atoms with Gasteiger partial charge in [-0.05, 0) is 34.6 Å². The fourth-order valence-electron chi connectivity index (χ4n) is 2.14. The van der Waals surface area contributed by atoms with Crippen molar-refractivity contribution in [3.05, 3.63) is 27.5 Å². The maximum atomic E-state index is 12.0. The molecule has 114 valence electrons. The topological polar surface area (TPSA) is 71.8 Å². The zero-order chi connectivity index (χ0) is 15.6. The SMILES string of the molecule is Cc1cnc(CNC(=O)Nc2c(C)nn(C(C)C)c2C)s1. The van der Waals surface area contributed by atoms with Gasteiger partial charge in [-0.3, -0.25) is 4.68 Å². The van der Waals surface area contributed by atoms with E-state index in [0.717, 1.165) is 27.0 Å². The minimum absolute atomic E-state index is 0.239. The molecule has 0 spiro atoms. The summed E-state index contributed by atoms with van der Waals surface area (Å²) < 4.78 is 1.91. The van der Waals surface area contributed by atoms with Crippen LogP contribution in [0.2, 0.25) is 0 Å². The van der Waals surface area contributed by atoms with Crippen molar-refractivity contribution in [2.75, 3.05) is 5.32 Å². The number of hydrogen-bond donors (Lipinski definition) is 2. The van der Waals surface area contributed by atoms with Crippen molar-refractivity contribution in [2.24, 2.45) is 0 Å². The first-order chi connectivity index (χ1) is 9.88. The summed E-state index contributed by atoms with van der Waals surface area (Å²) in [7, 11) is 0. The van der Waals surface area contributed by atoms with Gasteiger partial charge in [-0.2, -0.15) is 5.10 Å². The molecule has 7 heteroatoms. The number of rotatable bonds is 4. The molecule has 6 nitrogen and oxygen atoms in total. The average Bonchev–Trinajstić information content (AvgIpc) is 2.94. The molecule has 0 atom stereocenters. The Bertz CT molecular complexity index is 644. The first-order valence-electron chi connectivity index (χ1n) is 6.90. The van der Waals surface area contributed by atoms with Crippen LogP contribution in [0, 0.1) is 20.8 Å². The van der Waals surface area contributed by atoms with Crippen LogP contribution >= 0.6 is 11.3 Å². The third-order valence-electron chi connectivity index (χ3n) is 3.12. The first-order valence-corrected chi connectivity index (χ1v) is 7.72. The van der Waals surface area contributed by atoms with Crippen LogP contribution in [0.5, 0.6) is 0 Å². The second-order valence-electron chi connectivity index (χ2n) is 5.26. The molecule has 0 fully saturated rings. The lowest BCUT2D eigenvalue weighted by molar-refractivity contribution is 0.251. The van der Waals surface area contributed by atoms with E-state index in [1.165, 1.54) is 0 Å². The zero-order valence-electron chi connectivity index (χ0n) is 13.0. The van der Waals surface area contributed by atoms with Crippen LogP contribution in [0.4, 0.5) is 10.5 Å².